The normalized spacial score (nSPS) is 22.0. The molecule has 1 aliphatic carbocycles. The number of hydrogen-bond acceptors (Lipinski definition) is 4. The molecule has 26 heavy (non-hydrogen) atoms. The molecule has 2 aliphatic heterocycles. The first-order valence-corrected chi connectivity index (χ1v) is 9.98. The van der Waals surface area contributed by atoms with Crippen molar-refractivity contribution in [2.45, 2.75) is 64.7 Å². The lowest BCUT2D eigenvalue weighted by Crippen LogP contribution is -2.43. The van der Waals surface area contributed by atoms with E-state index < -0.39 is 0 Å². The SMILES string of the molecule is C[C@H](C(=O)NCc1cc2n(n1)CCN(C(=O)C1CCC1)C2)N1CCCC1. The van der Waals surface area contributed by atoms with E-state index in [1.807, 2.05) is 22.6 Å². The molecule has 1 aromatic rings. The van der Waals surface area contributed by atoms with E-state index in [0.717, 1.165) is 50.4 Å². The van der Waals surface area contributed by atoms with Crippen LogP contribution in [0.25, 0.3) is 0 Å². The summed E-state index contributed by atoms with van der Waals surface area (Å²) >= 11 is 0. The van der Waals surface area contributed by atoms with E-state index in [1.165, 1.54) is 19.3 Å². The van der Waals surface area contributed by atoms with Gasteiger partial charge in [0.05, 0.1) is 37.1 Å². The molecule has 4 rings (SSSR count). The van der Waals surface area contributed by atoms with Crippen LogP contribution in [0, 0.1) is 5.92 Å². The minimum Gasteiger partial charge on any atom is -0.349 e. The first-order chi connectivity index (χ1) is 12.6. The number of rotatable bonds is 5. The van der Waals surface area contributed by atoms with E-state index in [4.69, 9.17) is 0 Å². The van der Waals surface area contributed by atoms with Crippen molar-refractivity contribution in [3.8, 4) is 0 Å². The summed E-state index contributed by atoms with van der Waals surface area (Å²) in [4.78, 5) is 29.0. The Hall–Kier alpha value is -1.89. The standard InChI is InChI=1S/C19H29N5O2/c1-14(22-7-2-3-8-22)18(25)20-12-16-11-17-13-23(9-10-24(17)21-16)19(26)15-5-4-6-15/h11,14-15H,2-10,12-13H2,1H3,(H,20,25)/t14-/m1/s1. The van der Waals surface area contributed by atoms with E-state index in [-0.39, 0.29) is 17.9 Å². The highest BCUT2D eigenvalue weighted by atomic mass is 16.2. The average molecular weight is 359 g/mol. The molecule has 1 saturated heterocycles. The molecule has 0 bridgehead atoms. The van der Waals surface area contributed by atoms with Gasteiger partial charge >= 0.3 is 0 Å². The Labute approximate surface area is 154 Å². The summed E-state index contributed by atoms with van der Waals surface area (Å²) in [6, 6.07) is 1.95. The van der Waals surface area contributed by atoms with E-state index in [9.17, 15) is 9.59 Å². The maximum atomic E-state index is 12.4. The Morgan fingerprint density at radius 3 is 2.65 bits per heavy atom. The van der Waals surface area contributed by atoms with Crippen LogP contribution in [0.3, 0.4) is 0 Å². The Balaban J connectivity index is 1.31. The van der Waals surface area contributed by atoms with Gasteiger partial charge in [0.2, 0.25) is 11.8 Å². The van der Waals surface area contributed by atoms with Crippen molar-refractivity contribution in [2.75, 3.05) is 19.6 Å². The number of carbonyl (C=O) groups is 2. The lowest BCUT2D eigenvalue weighted by molar-refractivity contribution is -0.139. The lowest BCUT2D eigenvalue weighted by Gasteiger charge is -2.34. The van der Waals surface area contributed by atoms with E-state index >= 15 is 0 Å². The maximum absolute atomic E-state index is 12.4. The van der Waals surface area contributed by atoms with Crippen LogP contribution in [0.2, 0.25) is 0 Å². The van der Waals surface area contributed by atoms with Gasteiger partial charge in [0.25, 0.3) is 0 Å². The fourth-order valence-electron chi connectivity index (χ4n) is 4.13. The third-order valence-electron chi connectivity index (χ3n) is 6.13. The van der Waals surface area contributed by atoms with Crippen LogP contribution < -0.4 is 5.32 Å². The Kier molecular flexibility index (Phi) is 4.98. The van der Waals surface area contributed by atoms with Crippen LogP contribution in [0.1, 0.15) is 50.4 Å². The zero-order valence-electron chi connectivity index (χ0n) is 15.6. The molecule has 7 nitrogen and oxygen atoms in total. The fraction of sp³-hybridized carbons (Fsp3) is 0.737. The van der Waals surface area contributed by atoms with Gasteiger partial charge in [-0.1, -0.05) is 6.42 Å². The van der Waals surface area contributed by atoms with Crippen LogP contribution in [0.4, 0.5) is 0 Å². The summed E-state index contributed by atoms with van der Waals surface area (Å²) in [6.07, 6.45) is 5.63. The molecule has 0 radical (unpaired) electrons. The van der Waals surface area contributed by atoms with E-state index in [2.05, 4.69) is 15.3 Å². The van der Waals surface area contributed by atoms with Crippen LogP contribution in [-0.4, -0.2) is 57.1 Å². The molecule has 0 unspecified atom stereocenters. The van der Waals surface area contributed by atoms with Crippen molar-refractivity contribution in [1.82, 2.24) is 24.9 Å². The largest absolute Gasteiger partial charge is 0.349 e. The first kappa shape index (κ1) is 17.5. The molecule has 1 saturated carbocycles. The van der Waals surface area contributed by atoms with Crippen molar-refractivity contribution < 1.29 is 9.59 Å². The second-order valence-corrected chi connectivity index (χ2v) is 7.87. The van der Waals surface area contributed by atoms with Crippen molar-refractivity contribution in [3.05, 3.63) is 17.5 Å². The van der Waals surface area contributed by atoms with Gasteiger partial charge in [0.1, 0.15) is 0 Å². The summed E-state index contributed by atoms with van der Waals surface area (Å²) in [6.45, 7) is 6.57. The minimum atomic E-state index is -0.0784. The molecule has 2 fully saturated rings. The molecule has 3 heterocycles. The molecule has 0 aromatic carbocycles. The van der Waals surface area contributed by atoms with Gasteiger partial charge in [-0.25, -0.2) is 0 Å². The Bertz CT molecular complexity index is 675. The zero-order valence-corrected chi connectivity index (χ0v) is 15.6. The lowest BCUT2D eigenvalue weighted by atomic mass is 9.84. The van der Waals surface area contributed by atoms with Gasteiger partial charge in [-0.2, -0.15) is 5.10 Å². The van der Waals surface area contributed by atoms with Crippen LogP contribution in [-0.2, 0) is 29.2 Å². The van der Waals surface area contributed by atoms with E-state index in [0.29, 0.717) is 19.0 Å². The molecule has 1 atom stereocenters. The molecule has 1 aromatic heterocycles. The monoisotopic (exact) mass is 359 g/mol. The quantitative estimate of drug-likeness (QED) is 0.855. The number of hydrogen-bond donors (Lipinski definition) is 1. The number of amides is 2. The minimum absolute atomic E-state index is 0.0691. The summed E-state index contributed by atoms with van der Waals surface area (Å²) in [5.41, 5.74) is 1.95. The Morgan fingerprint density at radius 1 is 1.19 bits per heavy atom. The second kappa shape index (κ2) is 7.39. The topological polar surface area (TPSA) is 70.5 Å². The predicted octanol–water partition coefficient (Wildman–Crippen LogP) is 1.13. The highest BCUT2D eigenvalue weighted by Crippen LogP contribution is 2.29. The summed E-state index contributed by atoms with van der Waals surface area (Å²) < 4.78 is 1.98. The van der Waals surface area contributed by atoms with Gasteiger partial charge in [-0.15, -0.1) is 0 Å². The van der Waals surface area contributed by atoms with Crippen LogP contribution in [0.5, 0.6) is 0 Å². The number of fused-ring (bicyclic) bond motifs is 1. The van der Waals surface area contributed by atoms with Gasteiger partial charge in [-0.3, -0.25) is 19.2 Å². The van der Waals surface area contributed by atoms with Crippen molar-refractivity contribution in [3.63, 3.8) is 0 Å². The van der Waals surface area contributed by atoms with Crippen molar-refractivity contribution >= 4 is 11.8 Å². The van der Waals surface area contributed by atoms with Gasteiger partial charge < -0.3 is 10.2 Å². The fourth-order valence-corrected chi connectivity index (χ4v) is 4.13. The molecule has 142 valence electrons. The average Bonchev–Trinajstić information content (AvgIpc) is 3.25. The van der Waals surface area contributed by atoms with Crippen LogP contribution in [0.15, 0.2) is 6.07 Å². The zero-order chi connectivity index (χ0) is 18.1. The van der Waals surface area contributed by atoms with Gasteiger partial charge in [0.15, 0.2) is 0 Å². The third-order valence-corrected chi connectivity index (χ3v) is 6.13. The molecular weight excluding hydrogens is 330 g/mol. The van der Waals surface area contributed by atoms with Gasteiger partial charge in [0, 0.05) is 12.5 Å². The number of carbonyl (C=O) groups excluding carboxylic acids is 2. The summed E-state index contributed by atoms with van der Waals surface area (Å²) in [5, 5.41) is 7.62. The van der Waals surface area contributed by atoms with E-state index in [1.54, 1.807) is 0 Å². The third kappa shape index (κ3) is 3.49. The number of aromatic nitrogens is 2. The highest BCUT2D eigenvalue weighted by molar-refractivity contribution is 5.81. The number of likely N-dealkylation sites (tertiary alicyclic amines) is 1. The molecule has 0 spiro atoms. The van der Waals surface area contributed by atoms with Crippen molar-refractivity contribution in [2.24, 2.45) is 5.92 Å². The number of nitrogens with one attached hydrogen (secondary N) is 1. The van der Waals surface area contributed by atoms with Crippen molar-refractivity contribution in [1.29, 1.82) is 0 Å². The molecule has 7 heteroatoms. The molecule has 2 amide bonds. The summed E-state index contributed by atoms with van der Waals surface area (Å²) in [5.74, 6) is 0.618. The second-order valence-electron chi connectivity index (χ2n) is 7.87. The summed E-state index contributed by atoms with van der Waals surface area (Å²) in [7, 11) is 0. The maximum Gasteiger partial charge on any atom is 0.237 e. The molecule has 1 N–H and O–H groups in total. The van der Waals surface area contributed by atoms with Crippen LogP contribution >= 0.6 is 0 Å². The highest BCUT2D eigenvalue weighted by Gasteiger charge is 2.31. The molecule has 3 aliphatic rings. The number of nitrogens with zero attached hydrogens (tertiary/aromatic N) is 4. The first-order valence-electron chi connectivity index (χ1n) is 9.98. The predicted molar refractivity (Wildman–Crippen MR) is 97.1 cm³/mol. The smallest absolute Gasteiger partial charge is 0.237 e. The Morgan fingerprint density at radius 2 is 1.96 bits per heavy atom. The van der Waals surface area contributed by atoms with Gasteiger partial charge in [-0.05, 0) is 51.8 Å². The molecular formula is C19H29N5O2.